The summed E-state index contributed by atoms with van der Waals surface area (Å²) in [5.41, 5.74) is 5.17. The first kappa shape index (κ1) is 20.1. The van der Waals surface area contributed by atoms with Crippen molar-refractivity contribution in [2.24, 2.45) is 0 Å². The van der Waals surface area contributed by atoms with Crippen LogP contribution in [0, 0.1) is 0 Å². The van der Waals surface area contributed by atoms with Gasteiger partial charge in [-0.25, -0.2) is 13.1 Å². The van der Waals surface area contributed by atoms with Gasteiger partial charge in [-0.15, -0.1) is 11.3 Å². The third kappa shape index (κ3) is 4.08. The highest BCUT2D eigenvalue weighted by Gasteiger charge is 2.41. The van der Waals surface area contributed by atoms with Crippen LogP contribution in [0.2, 0.25) is 0 Å². The van der Waals surface area contributed by atoms with Crippen LogP contribution in [0.25, 0.3) is 5.00 Å². The average Bonchev–Trinajstić information content (AvgIpc) is 3.31. The molecule has 1 atom stereocenters. The Morgan fingerprint density at radius 1 is 1.29 bits per heavy atom. The number of benzene rings is 1. The first-order valence-corrected chi connectivity index (χ1v) is 10.8. The van der Waals surface area contributed by atoms with E-state index in [0.29, 0.717) is 10.7 Å². The summed E-state index contributed by atoms with van der Waals surface area (Å²) in [5, 5.41) is 14.4. The van der Waals surface area contributed by atoms with Crippen molar-refractivity contribution in [2.75, 3.05) is 5.73 Å². The maximum absolute atomic E-state index is 12.9. The summed E-state index contributed by atoms with van der Waals surface area (Å²) in [6, 6.07) is 11.9. The highest BCUT2D eigenvalue weighted by Crippen LogP contribution is 2.28. The van der Waals surface area contributed by atoms with Crippen molar-refractivity contribution in [3.8, 4) is 5.00 Å². The Hall–Kier alpha value is -2.69. The zero-order valence-electron chi connectivity index (χ0n) is 15.1. The lowest BCUT2D eigenvalue weighted by molar-refractivity contribution is -0.144. The second-order valence-corrected chi connectivity index (χ2v) is 9.29. The molecular weight excluding hydrogens is 400 g/mol. The van der Waals surface area contributed by atoms with Gasteiger partial charge in [-0.2, -0.15) is 9.82 Å². The normalized spacial score (nSPS) is 13.9. The van der Waals surface area contributed by atoms with Crippen LogP contribution in [0.1, 0.15) is 18.9 Å². The molecular formula is C18H20N4O4S2. The highest BCUT2D eigenvalue weighted by atomic mass is 32.2. The first-order valence-electron chi connectivity index (χ1n) is 8.47. The van der Waals surface area contributed by atoms with Gasteiger partial charge in [-0.3, -0.25) is 4.79 Å². The number of aliphatic carboxylic acids is 1. The van der Waals surface area contributed by atoms with Crippen LogP contribution < -0.4 is 10.5 Å². The maximum atomic E-state index is 12.9. The zero-order valence-corrected chi connectivity index (χ0v) is 16.7. The molecule has 1 aromatic carbocycles. The van der Waals surface area contributed by atoms with E-state index in [9.17, 15) is 18.3 Å². The topological polar surface area (TPSA) is 127 Å². The van der Waals surface area contributed by atoms with Gasteiger partial charge in [0.1, 0.15) is 14.7 Å². The zero-order chi connectivity index (χ0) is 20.4. The Balaban J connectivity index is 1.91. The molecule has 0 radical (unpaired) electrons. The van der Waals surface area contributed by atoms with Crippen molar-refractivity contribution < 1.29 is 18.3 Å². The molecule has 0 fully saturated rings. The van der Waals surface area contributed by atoms with Crippen molar-refractivity contribution in [1.29, 1.82) is 0 Å². The van der Waals surface area contributed by atoms with Gasteiger partial charge in [-0.05, 0) is 24.1 Å². The molecule has 8 nitrogen and oxygen atoms in total. The number of anilines is 1. The molecule has 0 unspecified atom stereocenters. The summed E-state index contributed by atoms with van der Waals surface area (Å²) in [6.45, 7) is 1.64. The average molecular weight is 421 g/mol. The molecule has 0 amide bonds. The van der Waals surface area contributed by atoms with Crippen LogP contribution in [0.15, 0.2) is 59.1 Å². The van der Waals surface area contributed by atoms with Gasteiger partial charge in [0.25, 0.3) is 10.0 Å². The maximum Gasteiger partial charge on any atom is 0.325 e. The van der Waals surface area contributed by atoms with Gasteiger partial charge < -0.3 is 10.8 Å². The van der Waals surface area contributed by atoms with Crippen LogP contribution in [0.4, 0.5) is 5.69 Å². The Morgan fingerprint density at radius 3 is 2.57 bits per heavy atom. The number of nitrogen functional groups attached to an aromatic ring is 1. The molecule has 0 aliphatic rings. The van der Waals surface area contributed by atoms with E-state index in [4.69, 9.17) is 5.73 Å². The van der Waals surface area contributed by atoms with Crippen molar-refractivity contribution in [2.45, 2.75) is 29.5 Å². The third-order valence-electron chi connectivity index (χ3n) is 4.35. The van der Waals surface area contributed by atoms with Crippen LogP contribution in [-0.2, 0) is 21.2 Å². The third-order valence-corrected chi connectivity index (χ3v) is 7.45. The monoisotopic (exact) mass is 420 g/mol. The van der Waals surface area contributed by atoms with E-state index in [2.05, 4.69) is 9.82 Å². The fourth-order valence-electron chi connectivity index (χ4n) is 2.79. The predicted octanol–water partition coefficient (Wildman–Crippen LogP) is 2.27. The molecule has 0 aliphatic heterocycles. The van der Waals surface area contributed by atoms with Gasteiger partial charge in [-0.1, -0.05) is 37.3 Å². The number of carboxylic acid groups (broad SMARTS) is 1. The Labute approximate surface area is 166 Å². The molecule has 3 rings (SSSR count). The lowest BCUT2D eigenvalue weighted by atomic mass is 9.89. The number of carboxylic acids is 1. The number of nitrogens with zero attached hydrogens (tertiary/aromatic N) is 2. The minimum absolute atomic E-state index is 0.00343. The molecule has 4 N–H and O–H groups in total. The van der Waals surface area contributed by atoms with Gasteiger partial charge in [0.15, 0.2) is 0 Å². The number of hydrogen-bond donors (Lipinski definition) is 3. The Morgan fingerprint density at radius 2 is 2.00 bits per heavy atom. The van der Waals surface area contributed by atoms with Crippen LogP contribution in [0.5, 0.6) is 0 Å². The van der Waals surface area contributed by atoms with E-state index in [1.54, 1.807) is 43.5 Å². The lowest BCUT2D eigenvalue weighted by Crippen LogP contribution is -2.55. The van der Waals surface area contributed by atoms with Crippen molar-refractivity contribution in [3.05, 3.63) is 60.4 Å². The number of hydrogen-bond acceptors (Lipinski definition) is 6. The lowest BCUT2D eigenvalue weighted by Gasteiger charge is -2.29. The van der Waals surface area contributed by atoms with E-state index >= 15 is 0 Å². The number of carbonyl (C=O) groups is 1. The number of aromatic nitrogens is 2. The van der Waals surface area contributed by atoms with Gasteiger partial charge in [0.05, 0.1) is 18.1 Å². The summed E-state index contributed by atoms with van der Waals surface area (Å²) in [5.74, 6) is -1.22. The van der Waals surface area contributed by atoms with Crippen LogP contribution >= 0.6 is 11.3 Å². The highest BCUT2D eigenvalue weighted by molar-refractivity contribution is 7.91. The molecule has 2 heterocycles. The molecule has 0 saturated carbocycles. The van der Waals surface area contributed by atoms with Crippen LogP contribution in [-0.4, -0.2) is 34.8 Å². The van der Waals surface area contributed by atoms with E-state index in [0.717, 1.165) is 16.9 Å². The molecule has 28 heavy (non-hydrogen) atoms. The minimum Gasteiger partial charge on any atom is -0.480 e. The molecule has 0 aliphatic carbocycles. The molecule has 148 valence electrons. The van der Waals surface area contributed by atoms with Crippen molar-refractivity contribution in [3.63, 3.8) is 0 Å². The fourth-order valence-corrected chi connectivity index (χ4v) is 5.45. The smallest absolute Gasteiger partial charge is 0.325 e. The molecule has 2 aromatic heterocycles. The molecule has 0 bridgehead atoms. The van der Waals surface area contributed by atoms with E-state index in [-0.39, 0.29) is 17.1 Å². The number of thiophene rings is 1. The fraction of sp³-hybridized carbons (Fsp3) is 0.222. The summed E-state index contributed by atoms with van der Waals surface area (Å²) >= 11 is 0.977. The number of rotatable bonds is 8. The van der Waals surface area contributed by atoms with E-state index < -0.39 is 21.5 Å². The van der Waals surface area contributed by atoms with Crippen molar-refractivity contribution in [1.82, 2.24) is 14.5 Å². The second-order valence-electron chi connectivity index (χ2n) is 6.32. The second kappa shape index (κ2) is 7.74. The molecule has 3 aromatic rings. The molecule has 0 saturated heterocycles. The number of nitrogens with two attached hydrogens (primary N) is 1. The van der Waals surface area contributed by atoms with Crippen molar-refractivity contribution >= 4 is 33.0 Å². The minimum atomic E-state index is -4.06. The quantitative estimate of drug-likeness (QED) is 0.513. The van der Waals surface area contributed by atoms with E-state index in [1.807, 2.05) is 6.07 Å². The Bertz CT molecular complexity index is 1080. The standard InChI is InChI=1S/C18H20N4O4S2/c1-2-18(17(23)24,10-13-6-4-3-5-7-13)21-28(25,26)16-9-8-15(27-16)22-12-14(19)11-20-22/h3-9,11-12,21H,2,10,19H2,1H3,(H,23,24)/t18-/m0/s1. The molecule has 10 heteroatoms. The first-order chi connectivity index (χ1) is 13.3. The Kier molecular flexibility index (Phi) is 5.54. The van der Waals surface area contributed by atoms with E-state index in [1.165, 1.54) is 16.9 Å². The summed E-state index contributed by atoms with van der Waals surface area (Å²) in [4.78, 5) is 12.0. The summed E-state index contributed by atoms with van der Waals surface area (Å²) < 4.78 is 29.8. The number of sulfonamides is 1. The summed E-state index contributed by atoms with van der Waals surface area (Å²) in [6.07, 6.45) is 3.15. The van der Waals surface area contributed by atoms with Crippen LogP contribution in [0.3, 0.4) is 0 Å². The largest absolute Gasteiger partial charge is 0.480 e. The van der Waals surface area contributed by atoms with Gasteiger partial charge in [0.2, 0.25) is 0 Å². The van der Waals surface area contributed by atoms with Gasteiger partial charge in [0, 0.05) is 6.42 Å². The molecule has 0 spiro atoms. The number of nitrogens with one attached hydrogen (secondary N) is 1. The summed E-state index contributed by atoms with van der Waals surface area (Å²) in [7, 11) is -4.06. The SMILES string of the molecule is CC[C@@](Cc1ccccc1)(NS(=O)(=O)c1ccc(-n2cc(N)cn2)s1)C(=O)O. The van der Waals surface area contributed by atoms with Gasteiger partial charge >= 0.3 is 5.97 Å². The predicted molar refractivity (Wildman–Crippen MR) is 107 cm³/mol.